The minimum absolute atomic E-state index is 0.0181. The highest BCUT2D eigenvalue weighted by Crippen LogP contribution is 2.22. The van der Waals surface area contributed by atoms with E-state index in [1.165, 1.54) is 0 Å². The first-order chi connectivity index (χ1) is 26.4. The molecule has 1 fully saturated rings. The van der Waals surface area contributed by atoms with Crippen LogP contribution in [0.5, 0.6) is 0 Å². The normalized spacial score (nSPS) is 17.8. The zero-order valence-electron chi connectivity index (χ0n) is 33.0. The second-order valence-corrected chi connectivity index (χ2v) is 15.4. The topological polar surface area (TPSA) is 169 Å². The molecule has 0 aromatic heterocycles. The van der Waals surface area contributed by atoms with Crippen LogP contribution >= 0.6 is 0 Å². The predicted molar refractivity (Wildman–Crippen MR) is 214 cm³/mol. The van der Waals surface area contributed by atoms with Crippen LogP contribution in [0.25, 0.3) is 10.8 Å². The van der Waals surface area contributed by atoms with Crippen molar-refractivity contribution in [2.24, 2.45) is 11.8 Å². The van der Waals surface area contributed by atoms with Crippen molar-refractivity contribution in [1.82, 2.24) is 26.2 Å². The Morgan fingerprint density at radius 3 is 2.22 bits per heavy atom. The molecular weight excluding hydrogens is 699 g/mol. The van der Waals surface area contributed by atoms with E-state index in [1.54, 1.807) is 0 Å². The molecule has 0 saturated carbocycles. The Hall–Kier alpha value is -4.52. The van der Waals surface area contributed by atoms with Crippen molar-refractivity contribution in [2.45, 2.75) is 116 Å². The highest BCUT2D eigenvalue weighted by Gasteiger charge is 2.35. The van der Waals surface area contributed by atoms with Crippen molar-refractivity contribution in [1.29, 1.82) is 0 Å². The number of alkyl carbamates (subject to hydrolysis) is 1. The van der Waals surface area contributed by atoms with E-state index in [9.17, 15) is 29.4 Å². The fourth-order valence-electron chi connectivity index (χ4n) is 7.21. The van der Waals surface area contributed by atoms with Crippen molar-refractivity contribution in [3.8, 4) is 0 Å². The number of aliphatic hydroxyl groups is 2. The number of aliphatic hydroxyl groups excluding tert-OH is 2. The Morgan fingerprint density at radius 2 is 1.55 bits per heavy atom. The van der Waals surface area contributed by atoms with Crippen LogP contribution in [0.15, 0.2) is 72.8 Å². The summed E-state index contributed by atoms with van der Waals surface area (Å²) in [6.45, 7) is 8.49. The highest BCUT2D eigenvalue weighted by atomic mass is 16.5. The maximum atomic E-state index is 14.3. The van der Waals surface area contributed by atoms with Crippen LogP contribution in [0, 0.1) is 11.8 Å². The van der Waals surface area contributed by atoms with Gasteiger partial charge in [0.15, 0.2) is 0 Å². The molecule has 3 aromatic rings. The van der Waals surface area contributed by atoms with E-state index in [1.807, 2.05) is 108 Å². The summed E-state index contributed by atoms with van der Waals surface area (Å²) in [5.41, 5.74) is 1.64. The van der Waals surface area contributed by atoms with Gasteiger partial charge in [-0.1, -0.05) is 107 Å². The van der Waals surface area contributed by atoms with Crippen molar-refractivity contribution in [3.05, 3.63) is 83.9 Å². The molecular formula is C43H61N5O7. The van der Waals surface area contributed by atoms with Crippen LogP contribution < -0.4 is 21.3 Å². The molecule has 4 rings (SSSR count). The smallest absolute Gasteiger partial charge is 0.408 e. The maximum Gasteiger partial charge on any atom is 0.408 e. The number of hydrogen-bond acceptors (Lipinski definition) is 8. The van der Waals surface area contributed by atoms with Crippen LogP contribution in [-0.2, 0) is 32.1 Å². The molecule has 300 valence electrons. The van der Waals surface area contributed by atoms with Crippen molar-refractivity contribution < 1.29 is 34.1 Å². The number of likely N-dealkylation sites (tertiary alicyclic amines) is 1. The molecule has 1 saturated heterocycles. The molecule has 0 spiro atoms. The maximum absolute atomic E-state index is 14.3. The summed E-state index contributed by atoms with van der Waals surface area (Å²) < 4.78 is 5.52. The summed E-state index contributed by atoms with van der Waals surface area (Å²) in [6.07, 6.45) is 1.15. The zero-order valence-corrected chi connectivity index (χ0v) is 33.0. The molecule has 4 amide bonds. The van der Waals surface area contributed by atoms with Crippen LogP contribution in [-0.4, -0.2) is 95.4 Å². The molecule has 12 nitrogen and oxygen atoms in total. The largest absolute Gasteiger partial charge is 0.445 e. The Balaban J connectivity index is 1.56. The van der Waals surface area contributed by atoms with Gasteiger partial charge in [-0.05, 0) is 73.0 Å². The third-order valence-electron chi connectivity index (χ3n) is 10.7. The van der Waals surface area contributed by atoms with Crippen LogP contribution in [0.4, 0.5) is 4.79 Å². The molecule has 1 unspecified atom stereocenters. The van der Waals surface area contributed by atoms with E-state index in [4.69, 9.17) is 4.74 Å². The lowest BCUT2D eigenvalue weighted by molar-refractivity contribution is -0.132. The lowest BCUT2D eigenvalue weighted by Crippen LogP contribution is -2.58. The van der Waals surface area contributed by atoms with Gasteiger partial charge in [0.25, 0.3) is 0 Å². The number of nitrogens with one attached hydrogen (secondary N) is 4. The minimum atomic E-state index is -1.21. The van der Waals surface area contributed by atoms with Gasteiger partial charge in [0, 0.05) is 12.5 Å². The lowest BCUT2D eigenvalue weighted by atomic mass is 9.95. The molecule has 1 heterocycles. The minimum Gasteiger partial charge on any atom is -0.445 e. The van der Waals surface area contributed by atoms with Gasteiger partial charge in [-0.3, -0.25) is 14.4 Å². The molecule has 1 aliphatic rings. The van der Waals surface area contributed by atoms with E-state index >= 15 is 0 Å². The van der Waals surface area contributed by atoms with Gasteiger partial charge in [-0.25, -0.2) is 4.79 Å². The zero-order chi connectivity index (χ0) is 39.9. The molecule has 12 heteroatoms. The van der Waals surface area contributed by atoms with Crippen LogP contribution in [0.1, 0.15) is 77.3 Å². The van der Waals surface area contributed by atoms with Gasteiger partial charge >= 0.3 is 6.09 Å². The van der Waals surface area contributed by atoms with Gasteiger partial charge in [0.05, 0.1) is 31.2 Å². The fourth-order valence-corrected chi connectivity index (χ4v) is 7.21. The monoisotopic (exact) mass is 759 g/mol. The molecule has 6 N–H and O–H groups in total. The second kappa shape index (κ2) is 21.5. The number of hydrogen-bond donors (Lipinski definition) is 6. The number of carbonyl (C=O) groups is 4. The third kappa shape index (κ3) is 13.3. The van der Waals surface area contributed by atoms with Crippen molar-refractivity contribution in [2.75, 3.05) is 20.2 Å². The Labute approximate surface area is 325 Å². The van der Waals surface area contributed by atoms with Gasteiger partial charge in [0.2, 0.25) is 17.7 Å². The van der Waals surface area contributed by atoms with Crippen LogP contribution in [0.2, 0.25) is 0 Å². The third-order valence-corrected chi connectivity index (χ3v) is 10.7. The van der Waals surface area contributed by atoms with E-state index in [-0.39, 0.29) is 43.9 Å². The second-order valence-electron chi connectivity index (χ2n) is 15.4. The standard InChI is InChI=1S/C43H61N5O7/c1-6-29(4)38(26-49)44-40(51)25-39(50)35(22-28(2)3)45-42(53)37(24-33-19-13-21-48(33)5)46-41(52)36(47-43(54)55-27-30-14-8-7-9-15-30)23-32-18-12-17-31-16-10-11-20-34(31)32/h7-12,14-18,20,28-29,33,35-39,49-50H,6,13,19,21-27H2,1-5H3,(H,44,51)(H,45,53)(H,46,52)(H,47,54)/t29-,33?,35-,36-,37-,38+,39-/m0/s1. The molecule has 0 radical (unpaired) electrons. The van der Waals surface area contributed by atoms with Gasteiger partial charge in [0.1, 0.15) is 18.7 Å². The Bertz CT molecular complexity index is 1680. The van der Waals surface area contributed by atoms with E-state index < -0.39 is 54.1 Å². The van der Waals surface area contributed by atoms with E-state index in [0.29, 0.717) is 12.8 Å². The van der Waals surface area contributed by atoms with E-state index in [0.717, 1.165) is 47.7 Å². The van der Waals surface area contributed by atoms with E-state index in [2.05, 4.69) is 26.2 Å². The first-order valence-corrected chi connectivity index (χ1v) is 19.7. The molecule has 7 atom stereocenters. The van der Waals surface area contributed by atoms with Crippen molar-refractivity contribution in [3.63, 3.8) is 0 Å². The first kappa shape index (κ1) is 43.2. The highest BCUT2D eigenvalue weighted by molar-refractivity contribution is 5.93. The summed E-state index contributed by atoms with van der Waals surface area (Å²) in [5, 5.41) is 34.6. The average Bonchev–Trinajstić information content (AvgIpc) is 3.58. The number of nitrogens with zero attached hydrogens (tertiary/aromatic N) is 1. The predicted octanol–water partition coefficient (Wildman–Crippen LogP) is 4.45. The number of ether oxygens (including phenoxy) is 1. The summed E-state index contributed by atoms with van der Waals surface area (Å²) >= 11 is 0. The summed E-state index contributed by atoms with van der Waals surface area (Å²) in [5.74, 6) is -1.35. The molecule has 0 bridgehead atoms. The number of carbonyl (C=O) groups excluding carboxylic acids is 4. The van der Waals surface area contributed by atoms with Gasteiger partial charge < -0.3 is 41.1 Å². The molecule has 1 aliphatic heterocycles. The fraction of sp³-hybridized carbons (Fsp3) is 0.535. The van der Waals surface area contributed by atoms with Gasteiger partial charge in [-0.2, -0.15) is 0 Å². The Kier molecular flexibility index (Phi) is 16.9. The van der Waals surface area contributed by atoms with Gasteiger partial charge in [-0.15, -0.1) is 0 Å². The SMILES string of the molecule is CC[C@H](C)[C@@H](CO)NC(=O)C[C@H](O)[C@H](CC(C)C)NC(=O)[C@H](CC1CCCN1C)NC(=O)[C@H](Cc1cccc2ccccc12)NC(=O)OCc1ccccc1. The van der Waals surface area contributed by atoms with Crippen LogP contribution in [0.3, 0.4) is 0 Å². The summed E-state index contributed by atoms with van der Waals surface area (Å²) in [7, 11) is 1.99. The number of benzene rings is 3. The number of rotatable bonds is 20. The lowest BCUT2D eigenvalue weighted by Gasteiger charge is -2.31. The van der Waals surface area contributed by atoms with Crippen molar-refractivity contribution >= 4 is 34.6 Å². The molecule has 0 aliphatic carbocycles. The number of fused-ring (bicyclic) bond motifs is 1. The summed E-state index contributed by atoms with van der Waals surface area (Å²) in [4.78, 5) is 56.9. The molecule has 55 heavy (non-hydrogen) atoms. The first-order valence-electron chi connectivity index (χ1n) is 19.7. The quantitative estimate of drug-likeness (QED) is 0.0983. The molecule has 3 aromatic carbocycles. The summed E-state index contributed by atoms with van der Waals surface area (Å²) in [6, 6.07) is 19.5. The Morgan fingerprint density at radius 1 is 0.855 bits per heavy atom. The average molecular weight is 760 g/mol. The number of amides is 4.